The van der Waals surface area contributed by atoms with Gasteiger partial charge in [0.1, 0.15) is 0 Å². The summed E-state index contributed by atoms with van der Waals surface area (Å²) in [5.74, 6) is 0.381. The summed E-state index contributed by atoms with van der Waals surface area (Å²) in [6, 6.07) is 5.97. The van der Waals surface area contributed by atoms with Crippen molar-refractivity contribution in [3.63, 3.8) is 0 Å². The number of nitrogens with one attached hydrogen (secondary N) is 1. The number of nitrogens with zero attached hydrogens (tertiary/aromatic N) is 3. The number of aromatic nitrogens is 2. The molecule has 1 fully saturated rings. The molecule has 0 aliphatic carbocycles. The van der Waals surface area contributed by atoms with Crippen molar-refractivity contribution in [3.05, 3.63) is 46.2 Å². The van der Waals surface area contributed by atoms with Crippen LogP contribution in [0.4, 0.5) is 4.79 Å². The first kappa shape index (κ1) is 15.0. The van der Waals surface area contributed by atoms with E-state index >= 15 is 0 Å². The number of hydrogen-bond donors (Lipinski definition) is 1. The molecule has 0 radical (unpaired) electrons. The Morgan fingerprint density at radius 2 is 2.27 bits per heavy atom. The molecule has 116 valence electrons. The lowest BCUT2D eigenvalue weighted by atomic mass is 9.96. The van der Waals surface area contributed by atoms with Gasteiger partial charge in [-0.25, -0.2) is 9.78 Å². The molecule has 5 nitrogen and oxygen atoms in total. The monoisotopic (exact) mass is 316 g/mol. The van der Waals surface area contributed by atoms with Crippen molar-refractivity contribution < 1.29 is 4.79 Å². The molecule has 0 unspecified atom stereocenters. The molecule has 0 aromatic carbocycles. The Morgan fingerprint density at radius 3 is 2.95 bits per heavy atom. The Morgan fingerprint density at radius 1 is 1.41 bits per heavy atom. The van der Waals surface area contributed by atoms with E-state index in [-0.39, 0.29) is 6.03 Å². The molecule has 6 heteroatoms. The van der Waals surface area contributed by atoms with Crippen molar-refractivity contribution >= 4 is 17.4 Å². The normalized spacial score (nSPS) is 14.7. The highest BCUT2D eigenvalue weighted by molar-refractivity contribution is 7.09. The van der Waals surface area contributed by atoms with E-state index < -0.39 is 0 Å². The van der Waals surface area contributed by atoms with Gasteiger partial charge in [0.2, 0.25) is 0 Å². The number of hydrogen-bond acceptors (Lipinski definition) is 4. The molecule has 1 N–H and O–H groups in total. The topological polar surface area (TPSA) is 58.1 Å². The lowest BCUT2D eigenvalue weighted by molar-refractivity contribution is 0.150. The van der Waals surface area contributed by atoms with E-state index in [0.717, 1.165) is 37.3 Å². The highest BCUT2D eigenvalue weighted by atomic mass is 32.1. The zero-order valence-electron chi connectivity index (χ0n) is 12.7. The van der Waals surface area contributed by atoms with Crippen LogP contribution >= 0.6 is 11.3 Å². The van der Waals surface area contributed by atoms with Gasteiger partial charge in [0, 0.05) is 42.3 Å². The quantitative estimate of drug-likeness (QED) is 0.863. The van der Waals surface area contributed by atoms with Crippen molar-refractivity contribution in [1.29, 1.82) is 0 Å². The van der Waals surface area contributed by atoms with Gasteiger partial charge in [-0.1, -0.05) is 6.07 Å². The SMILES string of the molecule is Cc1ncsc1CCCNC(=O)N1CC(c2ccccn2)C1. The summed E-state index contributed by atoms with van der Waals surface area (Å²) in [5, 5.41) is 2.99. The van der Waals surface area contributed by atoms with Crippen molar-refractivity contribution in [2.75, 3.05) is 19.6 Å². The van der Waals surface area contributed by atoms with E-state index in [2.05, 4.69) is 15.3 Å². The van der Waals surface area contributed by atoms with Gasteiger partial charge in [-0.2, -0.15) is 0 Å². The fraction of sp³-hybridized carbons (Fsp3) is 0.438. The molecule has 22 heavy (non-hydrogen) atoms. The Bertz CT molecular complexity index is 622. The van der Waals surface area contributed by atoms with Crippen LogP contribution in [0.25, 0.3) is 0 Å². The number of carbonyl (C=O) groups is 1. The number of thiazole rings is 1. The molecule has 2 aromatic rings. The molecule has 0 atom stereocenters. The van der Waals surface area contributed by atoms with Gasteiger partial charge in [0.15, 0.2) is 0 Å². The number of pyridine rings is 1. The van der Waals surface area contributed by atoms with E-state index in [4.69, 9.17) is 0 Å². The minimum atomic E-state index is 0.0354. The van der Waals surface area contributed by atoms with Crippen molar-refractivity contribution in [2.45, 2.75) is 25.7 Å². The van der Waals surface area contributed by atoms with Gasteiger partial charge in [0.25, 0.3) is 0 Å². The average Bonchev–Trinajstić information content (AvgIpc) is 2.89. The lowest BCUT2D eigenvalue weighted by Crippen LogP contribution is -2.52. The van der Waals surface area contributed by atoms with Gasteiger partial charge >= 0.3 is 6.03 Å². The first-order valence-corrected chi connectivity index (χ1v) is 8.44. The zero-order valence-corrected chi connectivity index (χ0v) is 13.5. The second-order valence-electron chi connectivity index (χ2n) is 5.55. The number of rotatable bonds is 5. The van der Waals surface area contributed by atoms with Gasteiger partial charge in [0.05, 0.1) is 11.2 Å². The van der Waals surface area contributed by atoms with Gasteiger partial charge in [-0.15, -0.1) is 11.3 Å². The summed E-state index contributed by atoms with van der Waals surface area (Å²) in [7, 11) is 0. The first-order chi connectivity index (χ1) is 10.7. The highest BCUT2D eigenvalue weighted by Gasteiger charge is 2.32. The Balaban J connectivity index is 1.35. The number of likely N-dealkylation sites (tertiary alicyclic amines) is 1. The molecular weight excluding hydrogens is 296 g/mol. The summed E-state index contributed by atoms with van der Waals surface area (Å²) in [5.41, 5.74) is 4.06. The summed E-state index contributed by atoms with van der Waals surface area (Å²) in [6.07, 6.45) is 3.74. The Hall–Kier alpha value is -1.95. The molecule has 1 aliphatic heterocycles. The minimum Gasteiger partial charge on any atom is -0.338 e. The molecule has 2 aromatic heterocycles. The maximum Gasteiger partial charge on any atom is 0.317 e. The molecule has 0 spiro atoms. The number of carbonyl (C=O) groups excluding carboxylic acids is 1. The Kier molecular flexibility index (Phi) is 4.68. The number of aryl methyl sites for hydroxylation is 2. The number of urea groups is 1. The summed E-state index contributed by atoms with van der Waals surface area (Å²) < 4.78 is 0. The fourth-order valence-corrected chi connectivity index (χ4v) is 3.39. The Labute approximate surface area is 134 Å². The highest BCUT2D eigenvalue weighted by Crippen LogP contribution is 2.24. The minimum absolute atomic E-state index is 0.0354. The third-order valence-corrected chi connectivity index (χ3v) is 4.97. The molecule has 2 amide bonds. The largest absolute Gasteiger partial charge is 0.338 e. The molecule has 3 heterocycles. The summed E-state index contributed by atoms with van der Waals surface area (Å²) in [6.45, 7) is 4.26. The third kappa shape index (κ3) is 3.44. The molecule has 1 saturated heterocycles. The van der Waals surface area contributed by atoms with E-state index in [1.807, 2.05) is 35.5 Å². The standard InChI is InChI=1S/C16H20N4OS/c1-12-15(22-11-19-12)6-4-8-18-16(21)20-9-13(10-20)14-5-2-3-7-17-14/h2-3,5,7,11,13H,4,6,8-10H2,1H3,(H,18,21). The second kappa shape index (κ2) is 6.87. The van der Waals surface area contributed by atoms with Crippen LogP contribution in [-0.2, 0) is 6.42 Å². The van der Waals surface area contributed by atoms with E-state index in [9.17, 15) is 4.79 Å². The molecule has 1 aliphatic rings. The van der Waals surface area contributed by atoms with Gasteiger partial charge in [-0.05, 0) is 31.9 Å². The van der Waals surface area contributed by atoms with Crippen LogP contribution in [0.15, 0.2) is 29.9 Å². The zero-order chi connectivity index (χ0) is 15.4. The molecule has 0 saturated carbocycles. The summed E-state index contributed by atoms with van der Waals surface area (Å²) >= 11 is 1.69. The fourth-order valence-electron chi connectivity index (χ4n) is 2.57. The molecule has 3 rings (SSSR count). The van der Waals surface area contributed by atoms with Crippen molar-refractivity contribution in [3.8, 4) is 0 Å². The predicted octanol–water partition coefficient (Wildman–Crippen LogP) is 2.59. The van der Waals surface area contributed by atoms with Gasteiger partial charge in [-0.3, -0.25) is 4.98 Å². The smallest absolute Gasteiger partial charge is 0.317 e. The maximum atomic E-state index is 12.0. The van der Waals surface area contributed by atoms with Crippen molar-refractivity contribution in [2.24, 2.45) is 0 Å². The third-order valence-electron chi connectivity index (χ3n) is 3.98. The van der Waals surface area contributed by atoms with Gasteiger partial charge < -0.3 is 10.2 Å². The van der Waals surface area contributed by atoms with Crippen LogP contribution in [0.2, 0.25) is 0 Å². The van der Waals surface area contributed by atoms with E-state index in [1.165, 1.54) is 4.88 Å². The molecule has 0 bridgehead atoms. The average molecular weight is 316 g/mol. The van der Waals surface area contributed by atoms with Crippen LogP contribution in [0.1, 0.15) is 28.6 Å². The maximum absolute atomic E-state index is 12.0. The van der Waals surface area contributed by atoms with Crippen LogP contribution in [-0.4, -0.2) is 40.5 Å². The van der Waals surface area contributed by atoms with Crippen molar-refractivity contribution in [1.82, 2.24) is 20.2 Å². The second-order valence-corrected chi connectivity index (χ2v) is 6.49. The lowest BCUT2D eigenvalue weighted by Gasteiger charge is -2.38. The first-order valence-electron chi connectivity index (χ1n) is 7.56. The van der Waals surface area contributed by atoms with Crippen LogP contribution in [0.3, 0.4) is 0 Å². The number of amides is 2. The van der Waals surface area contributed by atoms with E-state index in [1.54, 1.807) is 17.5 Å². The van der Waals surface area contributed by atoms with E-state index in [0.29, 0.717) is 12.5 Å². The van der Waals surface area contributed by atoms with Crippen LogP contribution in [0.5, 0.6) is 0 Å². The molecular formula is C16H20N4OS. The van der Waals surface area contributed by atoms with Crippen LogP contribution < -0.4 is 5.32 Å². The summed E-state index contributed by atoms with van der Waals surface area (Å²) in [4.78, 5) is 23.8. The van der Waals surface area contributed by atoms with Crippen LogP contribution in [0, 0.1) is 6.92 Å². The predicted molar refractivity (Wildman–Crippen MR) is 87.1 cm³/mol.